The number of aromatic carboxylic acids is 1. The minimum absolute atomic E-state index is 0.0293. The van der Waals surface area contributed by atoms with Gasteiger partial charge in [-0.1, -0.05) is 54.6 Å². The van der Waals surface area contributed by atoms with Crippen LogP contribution in [-0.4, -0.2) is 11.1 Å². The first-order chi connectivity index (χ1) is 9.75. The minimum atomic E-state index is -1.06. The average molecular weight is 264 g/mol. The smallest absolute Gasteiger partial charge is 0.372 e. The molecule has 3 aromatic rings. The zero-order valence-electron chi connectivity index (χ0n) is 10.6. The van der Waals surface area contributed by atoms with Crippen LogP contribution in [0.4, 0.5) is 0 Å². The summed E-state index contributed by atoms with van der Waals surface area (Å²) >= 11 is 0. The van der Waals surface area contributed by atoms with E-state index in [0.717, 1.165) is 10.9 Å². The Morgan fingerprint density at radius 3 is 2.40 bits per heavy atom. The number of hydrogen-bond acceptors (Lipinski definition) is 2. The summed E-state index contributed by atoms with van der Waals surface area (Å²) in [5, 5.41) is 10.0. The summed E-state index contributed by atoms with van der Waals surface area (Å²) in [6, 6.07) is 17.0. The molecule has 0 atom stereocenters. The molecule has 1 heterocycles. The third kappa shape index (κ3) is 2.21. The Morgan fingerprint density at radius 2 is 1.65 bits per heavy atom. The summed E-state index contributed by atoms with van der Waals surface area (Å²) in [5.41, 5.74) is 2.18. The van der Waals surface area contributed by atoms with Gasteiger partial charge in [-0.2, -0.15) is 0 Å². The van der Waals surface area contributed by atoms with E-state index < -0.39 is 5.97 Å². The highest BCUT2D eigenvalue weighted by atomic mass is 16.4. The summed E-state index contributed by atoms with van der Waals surface area (Å²) in [7, 11) is 0. The molecule has 0 saturated heterocycles. The second kappa shape index (κ2) is 5.05. The molecule has 20 heavy (non-hydrogen) atoms. The first-order valence-electron chi connectivity index (χ1n) is 6.23. The normalized spacial score (nSPS) is 11.2. The van der Waals surface area contributed by atoms with E-state index in [2.05, 4.69) is 0 Å². The minimum Gasteiger partial charge on any atom is -0.475 e. The number of hydrogen-bond donors (Lipinski definition) is 1. The van der Waals surface area contributed by atoms with Crippen molar-refractivity contribution in [2.45, 2.75) is 0 Å². The number of carboxylic acid groups (broad SMARTS) is 1. The molecule has 0 unspecified atom stereocenters. The molecule has 0 saturated carbocycles. The summed E-state index contributed by atoms with van der Waals surface area (Å²) in [6.45, 7) is 0. The summed E-state index contributed by atoms with van der Waals surface area (Å²) in [4.78, 5) is 11.3. The van der Waals surface area contributed by atoms with Gasteiger partial charge in [-0.05, 0) is 17.7 Å². The number of para-hydroxylation sites is 1. The van der Waals surface area contributed by atoms with Crippen LogP contribution < -0.4 is 0 Å². The van der Waals surface area contributed by atoms with Crippen LogP contribution in [0.25, 0.3) is 23.1 Å². The van der Waals surface area contributed by atoms with Crippen LogP contribution in [-0.2, 0) is 0 Å². The standard InChI is InChI=1S/C17H12O3/c18-17(19)16-14(11-10-12-6-2-1-3-7-12)13-8-4-5-9-15(13)20-16/h1-11H,(H,18,19). The Balaban J connectivity index is 2.12. The molecule has 0 radical (unpaired) electrons. The van der Waals surface area contributed by atoms with Crippen LogP contribution >= 0.6 is 0 Å². The second-order valence-corrected chi connectivity index (χ2v) is 4.39. The van der Waals surface area contributed by atoms with Crippen molar-refractivity contribution in [3.8, 4) is 0 Å². The van der Waals surface area contributed by atoms with E-state index in [1.165, 1.54) is 0 Å². The molecule has 1 N–H and O–H groups in total. The van der Waals surface area contributed by atoms with Crippen molar-refractivity contribution in [1.29, 1.82) is 0 Å². The Labute approximate surface area is 115 Å². The van der Waals surface area contributed by atoms with Gasteiger partial charge >= 0.3 is 5.97 Å². The first-order valence-corrected chi connectivity index (χ1v) is 6.23. The fraction of sp³-hybridized carbons (Fsp3) is 0. The van der Waals surface area contributed by atoms with E-state index in [1.54, 1.807) is 12.1 Å². The topological polar surface area (TPSA) is 50.4 Å². The van der Waals surface area contributed by atoms with Crippen LogP contribution in [0.5, 0.6) is 0 Å². The molecule has 3 rings (SSSR count). The number of carbonyl (C=O) groups is 1. The summed E-state index contributed by atoms with van der Waals surface area (Å²) in [5.74, 6) is -1.09. The molecule has 1 aromatic heterocycles. The molecule has 3 heteroatoms. The Morgan fingerprint density at radius 1 is 0.950 bits per heavy atom. The zero-order valence-corrected chi connectivity index (χ0v) is 10.6. The predicted molar refractivity (Wildman–Crippen MR) is 78.5 cm³/mol. The third-order valence-corrected chi connectivity index (χ3v) is 3.07. The van der Waals surface area contributed by atoms with E-state index in [4.69, 9.17) is 4.42 Å². The Hall–Kier alpha value is -2.81. The van der Waals surface area contributed by atoms with E-state index in [9.17, 15) is 9.90 Å². The molecule has 0 bridgehead atoms. The number of furan rings is 1. The maximum atomic E-state index is 11.3. The molecular formula is C17H12O3. The van der Waals surface area contributed by atoms with Gasteiger partial charge in [0.2, 0.25) is 5.76 Å². The maximum Gasteiger partial charge on any atom is 0.372 e. The van der Waals surface area contributed by atoms with Crippen LogP contribution in [0, 0.1) is 0 Å². The van der Waals surface area contributed by atoms with Crippen molar-refractivity contribution < 1.29 is 14.3 Å². The van der Waals surface area contributed by atoms with Gasteiger partial charge in [-0.3, -0.25) is 0 Å². The van der Waals surface area contributed by atoms with Crippen LogP contribution in [0.3, 0.4) is 0 Å². The van der Waals surface area contributed by atoms with Gasteiger partial charge in [0.15, 0.2) is 0 Å². The summed E-state index contributed by atoms with van der Waals surface area (Å²) in [6.07, 6.45) is 3.66. The van der Waals surface area contributed by atoms with Gasteiger partial charge in [0.05, 0.1) is 0 Å². The molecule has 0 aliphatic rings. The lowest BCUT2D eigenvalue weighted by Gasteiger charge is -1.94. The van der Waals surface area contributed by atoms with E-state index in [-0.39, 0.29) is 5.76 Å². The maximum absolute atomic E-state index is 11.3. The summed E-state index contributed by atoms with van der Waals surface area (Å²) < 4.78 is 5.40. The van der Waals surface area contributed by atoms with Gasteiger partial charge in [-0.25, -0.2) is 4.79 Å². The van der Waals surface area contributed by atoms with Crippen molar-refractivity contribution >= 4 is 29.1 Å². The number of rotatable bonds is 3. The van der Waals surface area contributed by atoms with E-state index >= 15 is 0 Å². The second-order valence-electron chi connectivity index (χ2n) is 4.39. The fourth-order valence-corrected chi connectivity index (χ4v) is 2.13. The van der Waals surface area contributed by atoms with Crippen molar-refractivity contribution in [3.05, 3.63) is 71.5 Å². The zero-order chi connectivity index (χ0) is 13.9. The highest BCUT2D eigenvalue weighted by molar-refractivity contribution is 6.01. The highest BCUT2D eigenvalue weighted by Crippen LogP contribution is 2.27. The fourth-order valence-electron chi connectivity index (χ4n) is 2.13. The lowest BCUT2D eigenvalue weighted by Crippen LogP contribution is -1.95. The highest BCUT2D eigenvalue weighted by Gasteiger charge is 2.17. The van der Waals surface area contributed by atoms with Gasteiger partial charge in [0, 0.05) is 10.9 Å². The van der Waals surface area contributed by atoms with Gasteiger partial charge < -0.3 is 9.52 Å². The Bertz CT molecular complexity index is 782. The Kier molecular flexibility index (Phi) is 3.09. The van der Waals surface area contributed by atoms with Crippen LogP contribution in [0.1, 0.15) is 21.7 Å². The molecule has 98 valence electrons. The van der Waals surface area contributed by atoms with Crippen molar-refractivity contribution in [1.82, 2.24) is 0 Å². The van der Waals surface area contributed by atoms with Crippen molar-refractivity contribution in [2.75, 3.05) is 0 Å². The lowest BCUT2D eigenvalue weighted by atomic mass is 10.1. The monoisotopic (exact) mass is 264 g/mol. The molecule has 0 aliphatic heterocycles. The molecular weight excluding hydrogens is 252 g/mol. The quantitative estimate of drug-likeness (QED) is 0.767. The van der Waals surface area contributed by atoms with Gasteiger partial charge in [0.1, 0.15) is 5.58 Å². The first kappa shape index (κ1) is 12.2. The molecule has 2 aromatic carbocycles. The number of carboxylic acids is 1. The molecule has 0 aliphatic carbocycles. The predicted octanol–water partition coefficient (Wildman–Crippen LogP) is 4.30. The van der Waals surface area contributed by atoms with Gasteiger partial charge in [-0.15, -0.1) is 0 Å². The van der Waals surface area contributed by atoms with Crippen LogP contribution in [0.2, 0.25) is 0 Å². The SMILES string of the molecule is O=C(O)c1oc2ccccc2c1C=Cc1ccccc1. The van der Waals surface area contributed by atoms with E-state index in [0.29, 0.717) is 11.1 Å². The van der Waals surface area contributed by atoms with Crippen molar-refractivity contribution in [2.24, 2.45) is 0 Å². The molecule has 0 spiro atoms. The largest absolute Gasteiger partial charge is 0.475 e. The lowest BCUT2D eigenvalue weighted by molar-refractivity contribution is 0.0664. The van der Waals surface area contributed by atoms with Gasteiger partial charge in [0.25, 0.3) is 0 Å². The third-order valence-electron chi connectivity index (χ3n) is 3.07. The van der Waals surface area contributed by atoms with Crippen LogP contribution in [0.15, 0.2) is 59.0 Å². The van der Waals surface area contributed by atoms with Crippen molar-refractivity contribution in [3.63, 3.8) is 0 Å². The number of fused-ring (bicyclic) bond motifs is 1. The van der Waals surface area contributed by atoms with E-state index in [1.807, 2.05) is 54.6 Å². The number of benzene rings is 2. The average Bonchev–Trinajstić information content (AvgIpc) is 2.85. The molecule has 0 amide bonds. The molecule has 0 fully saturated rings. The molecule has 3 nitrogen and oxygen atoms in total.